The monoisotopic (exact) mass is 183 g/mol. The van der Waals surface area contributed by atoms with Crippen molar-refractivity contribution in [3.8, 4) is 0 Å². The van der Waals surface area contributed by atoms with Crippen LogP contribution in [0.5, 0.6) is 0 Å². The van der Waals surface area contributed by atoms with Crippen molar-refractivity contribution >= 4 is 0 Å². The van der Waals surface area contributed by atoms with E-state index in [9.17, 15) is 0 Å². The Kier molecular flexibility index (Phi) is 9.29. The highest BCUT2D eigenvalue weighted by molar-refractivity contribution is 4.79. The highest BCUT2D eigenvalue weighted by atomic mass is 14.8. The second kappa shape index (κ2) is 9.63. The molecule has 1 N–H and O–H groups in total. The van der Waals surface area contributed by atoms with Crippen molar-refractivity contribution in [1.29, 1.82) is 0 Å². The van der Waals surface area contributed by atoms with Crippen LogP contribution in [0.3, 0.4) is 0 Å². The lowest BCUT2D eigenvalue weighted by Crippen LogP contribution is -2.15. The molecule has 1 atom stereocenters. The molecule has 0 saturated carbocycles. The summed E-state index contributed by atoms with van der Waals surface area (Å²) in [7, 11) is 0. The van der Waals surface area contributed by atoms with Crippen LogP contribution in [0.2, 0.25) is 0 Å². The Labute approximate surface area is 83.6 Å². The fourth-order valence-electron chi connectivity index (χ4n) is 1.35. The molecular formula is C12H25N. The molecule has 0 rings (SSSR count). The van der Waals surface area contributed by atoms with E-state index in [2.05, 4.69) is 38.4 Å². The van der Waals surface area contributed by atoms with E-state index in [-0.39, 0.29) is 0 Å². The molecule has 0 heterocycles. The third-order valence-corrected chi connectivity index (χ3v) is 2.21. The Morgan fingerprint density at radius 3 is 2.62 bits per heavy atom. The summed E-state index contributed by atoms with van der Waals surface area (Å²) in [6.07, 6.45) is 10.8. The molecule has 0 aromatic heterocycles. The highest BCUT2D eigenvalue weighted by Crippen LogP contribution is 2.02. The Balaban J connectivity index is 3.18. The molecule has 0 saturated heterocycles. The van der Waals surface area contributed by atoms with E-state index in [0.29, 0.717) is 0 Å². The minimum Gasteiger partial charge on any atom is -0.391 e. The standard InChI is InChI=1S/C12H25N/c1-4-6-7-8-10-13-11-12(3)9-5-2/h8,10,12-13H,4-7,9,11H2,1-3H3. The molecule has 1 heteroatoms. The number of nitrogens with one attached hydrogen (secondary N) is 1. The summed E-state index contributed by atoms with van der Waals surface area (Å²) in [5, 5.41) is 3.35. The Hall–Kier alpha value is -0.460. The molecular weight excluding hydrogens is 158 g/mol. The van der Waals surface area contributed by atoms with Crippen molar-refractivity contribution in [1.82, 2.24) is 5.32 Å². The van der Waals surface area contributed by atoms with Gasteiger partial charge in [0.15, 0.2) is 0 Å². The largest absolute Gasteiger partial charge is 0.391 e. The first-order valence-corrected chi connectivity index (χ1v) is 5.69. The van der Waals surface area contributed by atoms with Gasteiger partial charge >= 0.3 is 0 Å². The second-order valence-corrected chi connectivity index (χ2v) is 3.85. The molecule has 0 amide bonds. The van der Waals surface area contributed by atoms with Crippen LogP contribution in [-0.4, -0.2) is 6.54 Å². The van der Waals surface area contributed by atoms with E-state index in [4.69, 9.17) is 0 Å². The van der Waals surface area contributed by atoms with Crippen LogP contribution in [0, 0.1) is 5.92 Å². The topological polar surface area (TPSA) is 12.0 Å². The zero-order valence-corrected chi connectivity index (χ0v) is 9.47. The van der Waals surface area contributed by atoms with Gasteiger partial charge in [-0.2, -0.15) is 0 Å². The molecule has 0 radical (unpaired) electrons. The van der Waals surface area contributed by atoms with E-state index in [1.54, 1.807) is 0 Å². The normalized spacial score (nSPS) is 13.5. The van der Waals surface area contributed by atoms with Crippen molar-refractivity contribution in [2.24, 2.45) is 5.92 Å². The van der Waals surface area contributed by atoms with Gasteiger partial charge in [0.25, 0.3) is 0 Å². The maximum atomic E-state index is 3.35. The van der Waals surface area contributed by atoms with Gasteiger partial charge in [-0.15, -0.1) is 0 Å². The second-order valence-electron chi connectivity index (χ2n) is 3.85. The minimum absolute atomic E-state index is 0.806. The first-order chi connectivity index (χ1) is 6.31. The van der Waals surface area contributed by atoms with Gasteiger partial charge in [-0.25, -0.2) is 0 Å². The Morgan fingerprint density at radius 2 is 2.00 bits per heavy atom. The maximum Gasteiger partial charge on any atom is 0.0167 e. The van der Waals surface area contributed by atoms with Crippen LogP contribution < -0.4 is 5.32 Å². The van der Waals surface area contributed by atoms with Gasteiger partial charge in [-0.05, 0) is 25.0 Å². The van der Waals surface area contributed by atoms with Crippen molar-refractivity contribution < 1.29 is 0 Å². The number of allylic oxidation sites excluding steroid dienone is 1. The molecule has 0 fully saturated rings. The lowest BCUT2D eigenvalue weighted by Gasteiger charge is -2.08. The van der Waals surface area contributed by atoms with Crippen LogP contribution in [-0.2, 0) is 0 Å². The smallest absolute Gasteiger partial charge is 0.0167 e. The summed E-state index contributed by atoms with van der Waals surface area (Å²) in [6, 6.07) is 0. The Bertz CT molecular complexity index is 118. The SMILES string of the molecule is CCCCC=CNCC(C)CCC. The van der Waals surface area contributed by atoms with Crippen molar-refractivity contribution in [2.75, 3.05) is 6.54 Å². The lowest BCUT2D eigenvalue weighted by molar-refractivity contribution is 0.507. The predicted molar refractivity (Wildman–Crippen MR) is 60.7 cm³/mol. The van der Waals surface area contributed by atoms with Gasteiger partial charge in [0, 0.05) is 6.54 Å². The molecule has 0 bridgehead atoms. The number of hydrogen-bond donors (Lipinski definition) is 1. The van der Waals surface area contributed by atoms with Crippen LogP contribution in [0.1, 0.15) is 52.9 Å². The molecule has 78 valence electrons. The first-order valence-electron chi connectivity index (χ1n) is 5.69. The zero-order chi connectivity index (χ0) is 9.94. The minimum atomic E-state index is 0.806. The number of hydrogen-bond acceptors (Lipinski definition) is 1. The van der Waals surface area contributed by atoms with Gasteiger partial charge in [-0.3, -0.25) is 0 Å². The highest BCUT2D eigenvalue weighted by Gasteiger charge is 1.96. The summed E-state index contributed by atoms with van der Waals surface area (Å²) in [5.74, 6) is 0.806. The summed E-state index contributed by atoms with van der Waals surface area (Å²) >= 11 is 0. The summed E-state index contributed by atoms with van der Waals surface area (Å²) in [6.45, 7) is 7.89. The van der Waals surface area contributed by atoms with Crippen LogP contribution in [0.4, 0.5) is 0 Å². The molecule has 0 spiro atoms. The average Bonchev–Trinajstić information content (AvgIpc) is 2.11. The third-order valence-electron chi connectivity index (χ3n) is 2.21. The van der Waals surface area contributed by atoms with E-state index in [0.717, 1.165) is 12.5 Å². The number of rotatable bonds is 8. The van der Waals surface area contributed by atoms with Crippen LogP contribution in [0.15, 0.2) is 12.3 Å². The van der Waals surface area contributed by atoms with Crippen LogP contribution in [0.25, 0.3) is 0 Å². The summed E-state index contributed by atoms with van der Waals surface area (Å²) in [5.41, 5.74) is 0. The van der Waals surface area contributed by atoms with Crippen molar-refractivity contribution in [3.05, 3.63) is 12.3 Å². The average molecular weight is 183 g/mol. The summed E-state index contributed by atoms with van der Waals surface area (Å²) < 4.78 is 0. The van der Waals surface area contributed by atoms with Crippen molar-refractivity contribution in [3.63, 3.8) is 0 Å². The molecule has 0 aliphatic heterocycles. The maximum absolute atomic E-state index is 3.35. The molecule has 0 aliphatic carbocycles. The van der Waals surface area contributed by atoms with Gasteiger partial charge in [-0.1, -0.05) is 46.1 Å². The fourth-order valence-corrected chi connectivity index (χ4v) is 1.35. The molecule has 0 aromatic carbocycles. The first kappa shape index (κ1) is 12.5. The molecule has 1 nitrogen and oxygen atoms in total. The Morgan fingerprint density at radius 1 is 1.23 bits per heavy atom. The molecule has 0 aromatic rings. The zero-order valence-electron chi connectivity index (χ0n) is 9.47. The molecule has 1 unspecified atom stereocenters. The van der Waals surface area contributed by atoms with E-state index in [1.807, 2.05) is 0 Å². The van der Waals surface area contributed by atoms with E-state index >= 15 is 0 Å². The fraction of sp³-hybridized carbons (Fsp3) is 0.833. The van der Waals surface area contributed by atoms with Crippen LogP contribution >= 0.6 is 0 Å². The number of unbranched alkanes of at least 4 members (excludes halogenated alkanes) is 2. The van der Waals surface area contributed by atoms with Gasteiger partial charge < -0.3 is 5.32 Å². The van der Waals surface area contributed by atoms with Gasteiger partial charge in [0.05, 0.1) is 0 Å². The van der Waals surface area contributed by atoms with Crippen molar-refractivity contribution in [2.45, 2.75) is 52.9 Å². The third kappa shape index (κ3) is 9.45. The predicted octanol–water partition coefficient (Wildman–Crippen LogP) is 3.72. The molecule has 13 heavy (non-hydrogen) atoms. The lowest BCUT2D eigenvalue weighted by atomic mass is 10.1. The quantitative estimate of drug-likeness (QED) is 0.566. The van der Waals surface area contributed by atoms with E-state index < -0.39 is 0 Å². The van der Waals surface area contributed by atoms with Gasteiger partial charge in [0.2, 0.25) is 0 Å². The summed E-state index contributed by atoms with van der Waals surface area (Å²) in [4.78, 5) is 0. The van der Waals surface area contributed by atoms with E-state index in [1.165, 1.54) is 32.1 Å². The molecule has 0 aliphatic rings. The van der Waals surface area contributed by atoms with Gasteiger partial charge in [0.1, 0.15) is 0 Å².